The van der Waals surface area contributed by atoms with Crippen LogP contribution in [-0.2, 0) is 11.0 Å². The van der Waals surface area contributed by atoms with Crippen LogP contribution in [0.15, 0.2) is 48.7 Å². The summed E-state index contributed by atoms with van der Waals surface area (Å²) in [6.45, 7) is 9.05. The van der Waals surface area contributed by atoms with E-state index >= 15 is 0 Å². The standard InChI is InChI=1S/C27H32F3N5O/c1-19-16-35(25-7-6-21(14-24(19)25)27(28,29)30)23-5-2-4-22(15-23)34-17-20(18-34)26(36)32-8-3-11-33-12-9-31-10-13-33/h2,4-7,14-16,20,31H,3,8-13,17-18H2,1H3,(H,32,36). The minimum Gasteiger partial charge on any atom is -0.370 e. The number of benzene rings is 2. The van der Waals surface area contributed by atoms with Gasteiger partial charge >= 0.3 is 6.18 Å². The molecule has 1 aromatic heterocycles. The number of halogens is 3. The summed E-state index contributed by atoms with van der Waals surface area (Å²) < 4.78 is 41.4. The van der Waals surface area contributed by atoms with Crippen LogP contribution < -0.4 is 15.5 Å². The minimum atomic E-state index is -4.37. The SMILES string of the molecule is Cc1cn(-c2cccc(N3CC(C(=O)NCCCN4CCNCC4)C3)c2)c2ccc(C(F)(F)F)cc12. The monoisotopic (exact) mass is 499 g/mol. The van der Waals surface area contributed by atoms with Gasteiger partial charge in [0.2, 0.25) is 5.91 Å². The van der Waals surface area contributed by atoms with Gasteiger partial charge in [0.25, 0.3) is 0 Å². The number of hydrogen-bond donors (Lipinski definition) is 2. The molecule has 1 amide bonds. The second-order valence-electron chi connectivity index (χ2n) is 9.77. The van der Waals surface area contributed by atoms with E-state index in [0.717, 1.165) is 67.7 Å². The third-order valence-corrected chi connectivity index (χ3v) is 7.22. The van der Waals surface area contributed by atoms with Crippen LogP contribution in [0.5, 0.6) is 0 Å². The van der Waals surface area contributed by atoms with E-state index in [4.69, 9.17) is 0 Å². The van der Waals surface area contributed by atoms with Crippen molar-refractivity contribution in [3.63, 3.8) is 0 Å². The lowest BCUT2D eigenvalue weighted by atomic mass is 9.98. The number of nitrogens with one attached hydrogen (secondary N) is 2. The van der Waals surface area contributed by atoms with Crippen LogP contribution >= 0.6 is 0 Å². The second-order valence-corrected chi connectivity index (χ2v) is 9.77. The molecule has 2 fully saturated rings. The van der Waals surface area contributed by atoms with Crippen LogP contribution in [0.4, 0.5) is 18.9 Å². The van der Waals surface area contributed by atoms with Gasteiger partial charge < -0.3 is 25.0 Å². The van der Waals surface area contributed by atoms with Crippen LogP contribution in [0.3, 0.4) is 0 Å². The zero-order valence-corrected chi connectivity index (χ0v) is 20.4. The third kappa shape index (κ3) is 5.22. The van der Waals surface area contributed by atoms with Gasteiger partial charge in [0, 0.05) is 68.8 Å². The summed E-state index contributed by atoms with van der Waals surface area (Å²) in [5, 5.41) is 7.01. The fourth-order valence-corrected chi connectivity index (χ4v) is 5.07. The summed E-state index contributed by atoms with van der Waals surface area (Å²) >= 11 is 0. The molecule has 3 heterocycles. The molecule has 2 saturated heterocycles. The smallest absolute Gasteiger partial charge is 0.370 e. The highest BCUT2D eigenvalue weighted by molar-refractivity contribution is 5.86. The number of hydrogen-bond acceptors (Lipinski definition) is 4. The highest BCUT2D eigenvalue weighted by atomic mass is 19.4. The first-order valence-corrected chi connectivity index (χ1v) is 12.5. The summed E-state index contributed by atoms with van der Waals surface area (Å²) in [7, 11) is 0. The first kappa shape index (κ1) is 24.6. The number of anilines is 1. The van der Waals surface area contributed by atoms with Crippen molar-refractivity contribution in [2.45, 2.75) is 19.5 Å². The molecular formula is C27H32F3N5O. The number of alkyl halides is 3. The van der Waals surface area contributed by atoms with E-state index in [-0.39, 0.29) is 11.8 Å². The maximum Gasteiger partial charge on any atom is 0.416 e. The fourth-order valence-electron chi connectivity index (χ4n) is 5.07. The molecular weight excluding hydrogens is 467 g/mol. The summed E-state index contributed by atoms with van der Waals surface area (Å²) in [5.41, 5.74) is 2.77. The quantitative estimate of drug-likeness (QED) is 0.486. The average molecular weight is 500 g/mol. The molecule has 5 rings (SSSR count). The summed E-state index contributed by atoms with van der Waals surface area (Å²) in [5.74, 6) is 0.0819. The van der Waals surface area contributed by atoms with Crippen LogP contribution in [0.2, 0.25) is 0 Å². The molecule has 0 atom stereocenters. The van der Waals surface area contributed by atoms with Crippen molar-refractivity contribution < 1.29 is 18.0 Å². The van der Waals surface area contributed by atoms with E-state index in [1.165, 1.54) is 12.1 Å². The molecule has 36 heavy (non-hydrogen) atoms. The Kier molecular flexibility index (Phi) is 6.94. The molecule has 0 saturated carbocycles. The summed E-state index contributed by atoms with van der Waals surface area (Å²) in [6.07, 6.45) is -1.54. The predicted molar refractivity (Wildman–Crippen MR) is 136 cm³/mol. The number of aromatic nitrogens is 1. The zero-order valence-electron chi connectivity index (χ0n) is 20.4. The largest absolute Gasteiger partial charge is 0.416 e. The Balaban J connectivity index is 1.19. The fraction of sp³-hybridized carbons (Fsp3) is 0.444. The van der Waals surface area contributed by atoms with Crippen molar-refractivity contribution in [1.82, 2.24) is 20.1 Å². The van der Waals surface area contributed by atoms with Crippen LogP contribution in [0, 0.1) is 12.8 Å². The molecule has 0 unspecified atom stereocenters. The molecule has 2 aromatic carbocycles. The van der Waals surface area contributed by atoms with Crippen molar-refractivity contribution in [2.24, 2.45) is 5.92 Å². The maximum absolute atomic E-state index is 13.2. The normalized spacial score (nSPS) is 17.4. The highest BCUT2D eigenvalue weighted by Crippen LogP contribution is 2.34. The molecule has 0 spiro atoms. The van der Waals surface area contributed by atoms with Gasteiger partial charge in [0.1, 0.15) is 0 Å². The van der Waals surface area contributed by atoms with Crippen molar-refractivity contribution >= 4 is 22.5 Å². The lowest BCUT2D eigenvalue weighted by molar-refractivity contribution is -0.137. The lowest BCUT2D eigenvalue weighted by Crippen LogP contribution is -2.54. The van der Waals surface area contributed by atoms with Crippen LogP contribution in [0.25, 0.3) is 16.6 Å². The lowest BCUT2D eigenvalue weighted by Gasteiger charge is -2.40. The Bertz CT molecular complexity index is 1230. The molecule has 0 aliphatic carbocycles. The van der Waals surface area contributed by atoms with Crippen molar-refractivity contribution in [3.8, 4) is 5.69 Å². The zero-order chi connectivity index (χ0) is 25.3. The first-order chi connectivity index (χ1) is 17.3. The van der Waals surface area contributed by atoms with Gasteiger partial charge in [-0.15, -0.1) is 0 Å². The van der Waals surface area contributed by atoms with E-state index in [1.807, 2.05) is 42.0 Å². The van der Waals surface area contributed by atoms with E-state index in [9.17, 15) is 18.0 Å². The first-order valence-electron chi connectivity index (χ1n) is 12.5. The topological polar surface area (TPSA) is 52.5 Å². The number of aryl methyl sites for hydroxylation is 1. The van der Waals surface area contributed by atoms with E-state index in [1.54, 1.807) is 0 Å². The van der Waals surface area contributed by atoms with Gasteiger partial charge in [-0.2, -0.15) is 13.2 Å². The maximum atomic E-state index is 13.2. The number of rotatable bonds is 7. The molecule has 2 N–H and O–H groups in total. The third-order valence-electron chi connectivity index (χ3n) is 7.22. The number of piperazine rings is 1. The van der Waals surface area contributed by atoms with Crippen LogP contribution in [-0.4, -0.2) is 67.7 Å². The Labute approximate surface area is 209 Å². The molecule has 6 nitrogen and oxygen atoms in total. The van der Waals surface area contributed by atoms with E-state index in [2.05, 4.69) is 20.4 Å². The number of nitrogens with zero attached hydrogens (tertiary/aromatic N) is 3. The summed E-state index contributed by atoms with van der Waals surface area (Å²) in [6, 6.07) is 11.8. The van der Waals surface area contributed by atoms with E-state index in [0.29, 0.717) is 25.0 Å². The molecule has 2 aliphatic rings. The molecule has 192 valence electrons. The predicted octanol–water partition coefficient (Wildman–Crippen LogP) is 3.81. The van der Waals surface area contributed by atoms with Gasteiger partial charge in [-0.1, -0.05) is 6.07 Å². The van der Waals surface area contributed by atoms with Gasteiger partial charge in [0.15, 0.2) is 0 Å². The molecule has 2 aliphatic heterocycles. The Morgan fingerprint density at radius 2 is 1.83 bits per heavy atom. The molecule has 9 heteroatoms. The Morgan fingerprint density at radius 1 is 1.08 bits per heavy atom. The van der Waals surface area contributed by atoms with Crippen molar-refractivity contribution in [1.29, 1.82) is 0 Å². The molecule has 0 bridgehead atoms. The Morgan fingerprint density at radius 3 is 2.58 bits per heavy atom. The number of carbonyl (C=O) groups excluding carboxylic acids is 1. The Hall–Kier alpha value is -3.04. The van der Waals surface area contributed by atoms with Gasteiger partial charge in [-0.05, 0) is 61.9 Å². The number of amides is 1. The van der Waals surface area contributed by atoms with Crippen LogP contribution in [0.1, 0.15) is 17.5 Å². The van der Waals surface area contributed by atoms with E-state index < -0.39 is 11.7 Å². The van der Waals surface area contributed by atoms with Crippen molar-refractivity contribution in [3.05, 3.63) is 59.8 Å². The molecule has 0 radical (unpaired) electrons. The van der Waals surface area contributed by atoms with Crippen molar-refractivity contribution in [2.75, 3.05) is 57.3 Å². The van der Waals surface area contributed by atoms with Gasteiger partial charge in [-0.25, -0.2) is 0 Å². The second kappa shape index (κ2) is 10.1. The van der Waals surface area contributed by atoms with Gasteiger partial charge in [0.05, 0.1) is 17.0 Å². The van der Waals surface area contributed by atoms with Gasteiger partial charge in [-0.3, -0.25) is 4.79 Å². The number of carbonyl (C=O) groups is 1. The average Bonchev–Trinajstić information content (AvgIpc) is 3.17. The highest BCUT2D eigenvalue weighted by Gasteiger charge is 2.33. The number of fused-ring (bicyclic) bond motifs is 1. The molecule has 3 aromatic rings. The minimum absolute atomic E-state index is 0.0247. The summed E-state index contributed by atoms with van der Waals surface area (Å²) in [4.78, 5) is 17.1.